The maximum absolute atomic E-state index is 12.6. The number of amides is 2. The van der Waals surface area contributed by atoms with Crippen LogP contribution in [0.25, 0.3) is 10.9 Å². The second-order valence-electron chi connectivity index (χ2n) is 14.7. The van der Waals surface area contributed by atoms with Crippen molar-refractivity contribution in [3.8, 4) is 0 Å². The molecule has 1 aromatic heterocycles. The fourth-order valence-corrected chi connectivity index (χ4v) is 7.35. The normalized spacial score (nSPS) is 17.6. The third-order valence-corrected chi connectivity index (χ3v) is 10.3. The highest BCUT2D eigenvalue weighted by atomic mass is 16.2. The van der Waals surface area contributed by atoms with Gasteiger partial charge in [0, 0.05) is 45.2 Å². The molecule has 3 aromatic rings. The Balaban J connectivity index is 1.13. The first-order valence-corrected chi connectivity index (χ1v) is 19.4. The van der Waals surface area contributed by atoms with Gasteiger partial charge in [-0.25, -0.2) is 4.98 Å². The first-order valence-electron chi connectivity index (χ1n) is 19.4. The van der Waals surface area contributed by atoms with Crippen molar-refractivity contribution in [2.24, 2.45) is 11.7 Å². The van der Waals surface area contributed by atoms with Gasteiger partial charge in [-0.15, -0.1) is 0 Å². The number of fused-ring (bicyclic) bond motifs is 1. The van der Waals surface area contributed by atoms with E-state index in [4.69, 9.17) is 11.5 Å². The number of pyridine rings is 1. The van der Waals surface area contributed by atoms with Gasteiger partial charge in [0.2, 0.25) is 11.8 Å². The Kier molecular flexibility index (Phi) is 16.8. The molecule has 10 heteroatoms. The molecule has 2 unspecified atom stereocenters. The SMILES string of the molecule is CNc1c(N)nc2ccccc2c1N(C)CCCCN(C)Cc1ccc(CC(=O)NCC(=O)NCC2CCCCCCCCCCC(N)C2)cc1. The van der Waals surface area contributed by atoms with Crippen LogP contribution in [-0.2, 0) is 22.6 Å². The third-order valence-electron chi connectivity index (χ3n) is 10.3. The number of para-hydroxylation sites is 1. The van der Waals surface area contributed by atoms with Gasteiger partial charge in [-0.3, -0.25) is 9.59 Å². The molecule has 2 amide bonds. The van der Waals surface area contributed by atoms with E-state index in [1.807, 2.05) is 37.4 Å². The zero-order chi connectivity index (χ0) is 36.4. The average Bonchev–Trinajstić information content (AvgIpc) is 3.14. The van der Waals surface area contributed by atoms with Crippen LogP contribution >= 0.6 is 0 Å². The molecule has 4 rings (SSSR count). The van der Waals surface area contributed by atoms with Crippen LogP contribution in [0.3, 0.4) is 0 Å². The highest BCUT2D eigenvalue weighted by Crippen LogP contribution is 2.36. The lowest BCUT2D eigenvalue weighted by molar-refractivity contribution is -0.125. The predicted molar refractivity (Wildman–Crippen MR) is 213 cm³/mol. The summed E-state index contributed by atoms with van der Waals surface area (Å²) in [4.78, 5) is 34.4. The van der Waals surface area contributed by atoms with Crippen molar-refractivity contribution in [1.82, 2.24) is 20.5 Å². The Bertz CT molecular complexity index is 1500. The van der Waals surface area contributed by atoms with E-state index < -0.39 is 0 Å². The fourth-order valence-electron chi connectivity index (χ4n) is 7.35. The second-order valence-corrected chi connectivity index (χ2v) is 14.7. The van der Waals surface area contributed by atoms with Crippen LogP contribution in [0, 0.1) is 5.92 Å². The minimum Gasteiger partial charge on any atom is -0.383 e. The summed E-state index contributed by atoms with van der Waals surface area (Å²) in [7, 11) is 6.14. The maximum Gasteiger partial charge on any atom is 0.239 e. The van der Waals surface area contributed by atoms with Crippen LogP contribution in [0.4, 0.5) is 17.2 Å². The molecule has 0 spiro atoms. The quantitative estimate of drug-likeness (QED) is 0.118. The number of aromatic nitrogens is 1. The van der Waals surface area contributed by atoms with E-state index in [0.717, 1.165) is 79.6 Å². The largest absolute Gasteiger partial charge is 0.383 e. The van der Waals surface area contributed by atoms with Crippen molar-refractivity contribution in [3.05, 3.63) is 59.7 Å². The van der Waals surface area contributed by atoms with E-state index >= 15 is 0 Å². The zero-order valence-electron chi connectivity index (χ0n) is 31.5. The number of rotatable bonds is 15. The topological polar surface area (TPSA) is 142 Å². The monoisotopic (exact) mass is 701 g/mol. The van der Waals surface area contributed by atoms with Crippen molar-refractivity contribution >= 4 is 39.9 Å². The molecule has 1 fully saturated rings. The van der Waals surface area contributed by atoms with Gasteiger partial charge >= 0.3 is 0 Å². The molecule has 0 aliphatic heterocycles. The number of benzene rings is 2. The molecule has 0 saturated heterocycles. The number of nitrogen functional groups attached to an aromatic ring is 1. The number of carbonyl (C=O) groups is 2. The smallest absolute Gasteiger partial charge is 0.239 e. The van der Waals surface area contributed by atoms with Gasteiger partial charge in [-0.2, -0.15) is 0 Å². The lowest BCUT2D eigenvalue weighted by atomic mass is 9.92. The molecule has 51 heavy (non-hydrogen) atoms. The molecule has 2 atom stereocenters. The second kappa shape index (κ2) is 21.5. The summed E-state index contributed by atoms with van der Waals surface area (Å²) in [6.45, 7) is 3.35. The molecule has 7 N–H and O–H groups in total. The predicted octanol–water partition coefficient (Wildman–Crippen LogP) is 6.23. The summed E-state index contributed by atoms with van der Waals surface area (Å²) in [6.07, 6.45) is 15.7. The molecule has 1 saturated carbocycles. The molecule has 1 aliphatic rings. The number of hydrogen-bond donors (Lipinski definition) is 5. The summed E-state index contributed by atoms with van der Waals surface area (Å²) < 4.78 is 0. The molecule has 1 aliphatic carbocycles. The van der Waals surface area contributed by atoms with Gasteiger partial charge in [0.05, 0.1) is 24.2 Å². The van der Waals surface area contributed by atoms with Gasteiger partial charge < -0.3 is 37.2 Å². The first kappa shape index (κ1) is 39.9. The van der Waals surface area contributed by atoms with Crippen molar-refractivity contribution in [2.45, 2.75) is 102 Å². The van der Waals surface area contributed by atoms with E-state index in [-0.39, 0.29) is 30.8 Å². The minimum atomic E-state index is -0.145. The Labute approximate surface area is 306 Å². The van der Waals surface area contributed by atoms with Gasteiger partial charge in [-0.1, -0.05) is 93.8 Å². The Morgan fingerprint density at radius 2 is 1.47 bits per heavy atom. The van der Waals surface area contributed by atoms with Crippen LogP contribution in [0.15, 0.2) is 48.5 Å². The zero-order valence-corrected chi connectivity index (χ0v) is 31.5. The van der Waals surface area contributed by atoms with Gasteiger partial charge in [0.1, 0.15) is 11.5 Å². The van der Waals surface area contributed by atoms with Crippen molar-refractivity contribution in [1.29, 1.82) is 0 Å². The van der Waals surface area contributed by atoms with Crippen molar-refractivity contribution < 1.29 is 9.59 Å². The van der Waals surface area contributed by atoms with Crippen molar-refractivity contribution in [3.63, 3.8) is 0 Å². The van der Waals surface area contributed by atoms with Crippen LogP contribution in [0.5, 0.6) is 0 Å². The number of unbranched alkanes of at least 4 members (excludes halogenated alkanes) is 1. The van der Waals surface area contributed by atoms with Gasteiger partial charge in [-0.05, 0) is 68.8 Å². The number of hydrogen-bond acceptors (Lipinski definition) is 8. The van der Waals surface area contributed by atoms with E-state index in [2.05, 4.69) is 63.0 Å². The molecule has 0 radical (unpaired) electrons. The summed E-state index contributed by atoms with van der Waals surface area (Å²) in [5.41, 5.74) is 17.7. The minimum absolute atomic E-state index is 0.000135. The van der Waals surface area contributed by atoms with Crippen LogP contribution in [0.2, 0.25) is 0 Å². The van der Waals surface area contributed by atoms with E-state index in [9.17, 15) is 9.59 Å². The van der Waals surface area contributed by atoms with Crippen LogP contribution < -0.4 is 32.3 Å². The summed E-state index contributed by atoms with van der Waals surface area (Å²) >= 11 is 0. The van der Waals surface area contributed by atoms with Crippen LogP contribution in [-0.4, -0.2) is 75.1 Å². The Hall–Kier alpha value is -3.89. The summed E-state index contributed by atoms with van der Waals surface area (Å²) in [5, 5.41) is 10.2. The summed E-state index contributed by atoms with van der Waals surface area (Å²) in [5.74, 6) is 0.627. The Morgan fingerprint density at radius 3 is 2.20 bits per heavy atom. The number of anilines is 3. The fraction of sp³-hybridized carbons (Fsp3) is 0.585. The summed E-state index contributed by atoms with van der Waals surface area (Å²) in [6, 6.07) is 16.5. The highest BCUT2D eigenvalue weighted by Gasteiger charge is 2.17. The maximum atomic E-state index is 12.6. The number of nitrogens with one attached hydrogen (secondary N) is 3. The van der Waals surface area contributed by atoms with E-state index in [1.165, 1.54) is 56.9 Å². The standard InChI is InChI=1S/C41H64N8O2/c1-44-39-40(35-18-12-13-19-36(35)47-41(39)43)49(3)25-15-14-24-48(2)30-32-22-20-31(21-23-32)27-37(50)46-29-38(51)45-28-33-16-10-8-6-4-5-7-9-11-17-34(42)26-33/h12-13,18-23,33-34,44H,4-11,14-17,24-30,42H2,1-3H3,(H2,43,47)(H,45,51)(H,46,50). The molecule has 1 heterocycles. The molecule has 10 nitrogen and oxygen atoms in total. The lowest BCUT2D eigenvalue weighted by Crippen LogP contribution is -2.40. The van der Waals surface area contributed by atoms with E-state index in [0.29, 0.717) is 18.3 Å². The molecular formula is C41H64N8O2. The Morgan fingerprint density at radius 1 is 0.824 bits per heavy atom. The highest BCUT2D eigenvalue weighted by molar-refractivity contribution is 6.01. The molecule has 280 valence electrons. The van der Waals surface area contributed by atoms with Crippen LogP contribution in [0.1, 0.15) is 94.6 Å². The molecule has 0 bridgehead atoms. The number of carbonyl (C=O) groups excluding carboxylic acids is 2. The average molecular weight is 701 g/mol. The molecular weight excluding hydrogens is 637 g/mol. The van der Waals surface area contributed by atoms with Gasteiger partial charge in [0.15, 0.2) is 0 Å². The number of nitrogens with zero attached hydrogens (tertiary/aromatic N) is 3. The van der Waals surface area contributed by atoms with Gasteiger partial charge in [0.25, 0.3) is 0 Å². The van der Waals surface area contributed by atoms with Crippen molar-refractivity contribution in [2.75, 3.05) is 63.3 Å². The first-order chi connectivity index (χ1) is 24.7. The third kappa shape index (κ3) is 13.6. The number of nitrogens with two attached hydrogens (primary N) is 2. The lowest BCUT2D eigenvalue weighted by Gasteiger charge is -2.25. The molecule has 2 aromatic carbocycles. The van der Waals surface area contributed by atoms with E-state index in [1.54, 1.807) is 0 Å².